The molecule has 0 atom stereocenters. The van der Waals surface area contributed by atoms with Gasteiger partial charge in [-0.3, -0.25) is 0 Å². The van der Waals surface area contributed by atoms with Gasteiger partial charge in [0.2, 0.25) is 0 Å². The van der Waals surface area contributed by atoms with Crippen molar-refractivity contribution in [1.29, 1.82) is 0 Å². The summed E-state index contributed by atoms with van der Waals surface area (Å²) in [6.45, 7) is 8.19. The summed E-state index contributed by atoms with van der Waals surface area (Å²) < 4.78 is 1.36. The number of carbonyl (C=O) groups is 1. The minimum atomic E-state index is -0.936. The molecule has 0 saturated carbocycles. The van der Waals surface area contributed by atoms with Gasteiger partial charge >= 0.3 is 0 Å². The van der Waals surface area contributed by atoms with Gasteiger partial charge in [0.15, 0.2) is 0 Å². The van der Waals surface area contributed by atoms with Crippen molar-refractivity contribution in [2.75, 3.05) is 0 Å². The van der Waals surface area contributed by atoms with Crippen LogP contribution in [0.25, 0.3) is 0 Å². The maximum absolute atomic E-state index is 11.5. The number of carbonyl (C=O) groups excluding carboxylic acids is 1. The van der Waals surface area contributed by atoms with Gasteiger partial charge < -0.3 is 4.79 Å². The standard InChI is InChI=1S/C10H16OSSi/c1-5-6-10-7(2)12-9(4)13(10)8(3)11/h5-6H2,1-4H3. The van der Waals surface area contributed by atoms with Crippen molar-refractivity contribution >= 4 is 25.1 Å². The molecule has 0 amide bonds. The Morgan fingerprint density at radius 3 is 2.54 bits per heavy atom. The topological polar surface area (TPSA) is 17.1 Å². The molecule has 1 aromatic heterocycles. The van der Waals surface area contributed by atoms with E-state index in [4.69, 9.17) is 0 Å². The predicted octanol–water partition coefficient (Wildman–Crippen LogP) is 3.00. The van der Waals surface area contributed by atoms with Crippen LogP contribution in [0.1, 0.15) is 39.6 Å². The number of hydrogen-bond donors (Lipinski definition) is 0. The summed E-state index contributed by atoms with van der Waals surface area (Å²) >= 11 is 1.83. The third-order valence-electron chi connectivity index (χ3n) is 2.24. The fourth-order valence-corrected chi connectivity index (χ4v) is 6.75. The van der Waals surface area contributed by atoms with Crippen LogP contribution in [0.5, 0.6) is 0 Å². The van der Waals surface area contributed by atoms with E-state index >= 15 is 0 Å². The molecule has 0 aliphatic heterocycles. The zero-order valence-corrected chi connectivity index (χ0v) is 10.5. The van der Waals surface area contributed by atoms with Crippen molar-refractivity contribution in [3.05, 3.63) is 14.5 Å². The summed E-state index contributed by atoms with van der Waals surface area (Å²) in [5.74, 6) is 0. The third-order valence-corrected chi connectivity index (χ3v) is 6.83. The monoisotopic (exact) mass is 212 g/mol. The molecule has 1 nitrogen and oxygen atoms in total. The molecule has 0 aliphatic carbocycles. The van der Waals surface area contributed by atoms with Crippen molar-refractivity contribution < 1.29 is 4.79 Å². The second-order valence-electron chi connectivity index (χ2n) is 3.37. The highest BCUT2D eigenvalue weighted by Gasteiger charge is 2.16. The molecule has 13 heavy (non-hydrogen) atoms. The highest BCUT2D eigenvalue weighted by molar-refractivity contribution is 7.20. The van der Waals surface area contributed by atoms with Crippen LogP contribution in [0.4, 0.5) is 0 Å². The van der Waals surface area contributed by atoms with Crippen LogP contribution in [0.15, 0.2) is 0 Å². The lowest BCUT2D eigenvalue weighted by Crippen LogP contribution is -2.13. The largest absolute Gasteiger partial charge is 0.301 e. The number of rotatable bonds is 3. The first-order chi connectivity index (χ1) is 6.07. The lowest BCUT2D eigenvalue weighted by atomic mass is 10.3. The van der Waals surface area contributed by atoms with Gasteiger partial charge in [0, 0.05) is 4.88 Å². The van der Waals surface area contributed by atoms with E-state index in [1.807, 2.05) is 11.3 Å². The van der Waals surface area contributed by atoms with Gasteiger partial charge in [0.1, 0.15) is 13.8 Å². The van der Waals surface area contributed by atoms with Crippen LogP contribution in [0.2, 0.25) is 0 Å². The van der Waals surface area contributed by atoms with E-state index in [0.717, 1.165) is 12.8 Å². The SMILES string of the molecule is CCCc1c(C)sc(C)[si]1C(C)=O. The zero-order valence-electron chi connectivity index (χ0n) is 8.73. The van der Waals surface area contributed by atoms with E-state index in [0.29, 0.717) is 5.41 Å². The summed E-state index contributed by atoms with van der Waals surface area (Å²) in [5.41, 5.74) is 0. The molecule has 0 N–H and O–H groups in total. The molecule has 0 spiro atoms. The number of hydrogen-bond acceptors (Lipinski definition) is 2. The Labute approximate surface area is 85.3 Å². The molecule has 0 aliphatic rings. The summed E-state index contributed by atoms with van der Waals surface area (Å²) in [4.78, 5) is 12.9. The van der Waals surface area contributed by atoms with Gasteiger partial charge in [0.25, 0.3) is 0 Å². The van der Waals surface area contributed by atoms with Crippen molar-refractivity contribution in [3.8, 4) is 0 Å². The molecule has 1 aromatic rings. The summed E-state index contributed by atoms with van der Waals surface area (Å²) in [5, 5.41) is 1.86. The minimum absolute atomic E-state index is 0.398. The van der Waals surface area contributed by atoms with Gasteiger partial charge in [-0.25, -0.2) is 0 Å². The molecule has 0 fully saturated rings. The average molecular weight is 212 g/mol. The fourth-order valence-electron chi connectivity index (χ4n) is 1.74. The first-order valence-corrected chi connectivity index (χ1v) is 6.99. The van der Waals surface area contributed by atoms with Crippen molar-refractivity contribution in [1.82, 2.24) is 0 Å². The Balaban J connectivity index is 3.20. The molecule has 1 heterocycles. The van der Waals surface area contributed by atoms with E-state index < -0.39 is 8.40 Å². The molecule has 0 aromatic carbocycles. The minimum Gasteiger partial charge on any atom is -0.301 e. The van der Waals surface area contributed by atoms with Crippen LogP contribution < -0.4 is 0 Å². The average Bonchev–Trinajstić information content (AvgIpc) is 2.27. The Kier molecular flexibility index (Phi) is 3.56. The molecular weight excluding hydrogens is 196 g/mol. The number of aryl methyl sites for hydroxylation is 2. The molecule has 0 unspecified atom stereocenters. The van der Waals surface area contributed by atoms with Gasteiger partial charge in [-0.05, 0) is 36.9 Å². The van der Waals surface area contributed by atoms with Crippen LogP contribution in [-0.4, -0.2) is 13.8 Å². The highest BCUT2D eigenvalue weighted by atomic mass is 32.1. The summed E-state index contributed by atoms with van der Waals surface area (Å²) in [6, 6.07) is 0. The second-order valence-corrected chi connectivity index (χ2v) is 7.97. The quantitative estimate of drug-likeness (QED) is 0.704. The molecular formula is C10H16OSSi. The van der Waals surface area contributed by atoms with E-state index in [2.05, 4.69) is 20.8 Å². The Bertz CT molecular complexity index is 328. The normalized spacial score (nSPS) is 10.5. The van der Waals surface area contributed by atoms with Crippen molar-refractivity contribution in [2.24, 2.45) is 0 Å². The smallest absolute Gasteiger partial charge is 0.138 e. The van der Waals surface area contributed by atoms with Gasteiger partial charge in [-0.1, -0.05) is 13.3 Å². The first kappa shape index (κ1) is 10.8. The zero-order chi connectivity index (χ0) is 10.0. The van der Waals surface area contributed by atoms with E-state index in [-0.39, 0.29) is 0 Å². The summed E-state index contributed by atoms with van der Waals surface area (Å²) in [6.07, 6.45) is 2.27. The molecule has 0 saturated heterocycles. The lowest BCUT2D eigenvalue weighted by molar-refractivity contribution is 0.105. The van der Waals surface area contributed by atoms with Crippen LogP contribution in [0, 0.1) is 13.8 Å². The van der Waals surface area contributed by atoms with E-state index in [1.165, 1.54) is 14.5 Å². The maximum Gasteiger partial charge on any atom is 0.138 e. The van der Waals surface area contributed by atoms with Crippen LogP contribution in [-0.2, 0) is 6.42 Å². The first-order valence-electron chi connectivity index (χ1n) is 4.67. The van der Waals surface area contributed by atoms with Crippen LogP contribution >= 0.6 is 11.3 Å². The Hall–Kier alpha value is -0.283. The Morgan fingerprint density at radius 1 is 1.46 bits per heavy atom. The Morgan fingerprint density at radius 2 is 2.08 bits per heavy atom. The third kappa shape index (κ3) is 2.14. The molecule has 1 rings (SSSR count). The van der Waals surface area contributed by atoms with Gasteiger partial charge in [0.05, 0.1) is 0 Å². The van der Waals surface area contributed by atoms with E-state index in [9.17, 15) is 4.79 Å². The second kappa shape index (κ2) is 4.29. The molecule has 72 valence electrons. The molecule has 0 bridgehead atoms. The van der Waals surface area contributed by atoms with Gasteiger partial charge in [-0.15, -0.1) is 0 Å². The lowest BCUT2D eigenvalue weighted by Gasteiger charge is -2.00. The molecule has 3 heteroatoms. The van der Waals surface area contributed by atoms with E-state index in [1.54, 1.807) is 6.92 Å². The predicted molar refractivity (Wildman–Crippen MR) is 60.0 cm³/mol. The molecule has 0 radical (unpaired) electrons. The fraction of sp³-hybridized carbons (Fsp3) is 0.600. The highest BCUT2D eigenvalue weighted by Crippen LogP contribution is 2.21. The summed E-state index contributed by atoms with van der Waals surface area (Å²) in [7, 11) is -0.936. The van der Waals surface area contributed by atoms with Crippen molar-refractivity contribution in [2.45, 2.75) is 40.5 Å². The van der Waals surface area contributed by atoms with Gasteiger partial charge in [-0.2, -0.15) is 11.3 Å². The van der Waals surface area contributed by atoms with Crippen molar-refractivity contribution in [3.63, 3.8) is 0 Å². The van der Waals surface area contributed by atoms with Crippen LogP contribution in [0.3, 0.4) is 0 Å². The maximum atomic E-state index is 11.5.